The van der Waals surface area contributed by atoms with Crippen LogP contribution in [0.1, 0.15) is 31.2 Å². The summed E-state index contributed by atoms with van der Waals surface area (Å²) in [5.74, 6) is -0.882. The number of rotatable bonds is 7. The Kier molecular flexibility index (Phi) is 5.26. The van der Waals surface area contributed by atoms with E-state index in [0.717, 1.165) is 25.7 Å². The predicted octanol–water partition coefficient (Wildman–Crippen LogP) is 2.83. The maximum Gasteiger partial charge on any atom is 0.330 e. The normalized spacial score (nSPS) is 10.0. The minimum Gasteiger partial charge on any atom is -0.478 e. The van der Waals surface area contributed by atoms with Gasteiger partial charge in [-0.25, -0.2) is 4.79 Å². The maximum absolute atomic E-state index is 10.5. The van der Waals surface area contributed by atoms with Crippen LogP contribution in [0, 0.1) is 0 Å². The lowest BCUT2D eigenvalue weighted by Crippen LogP contribution is -1.98. The fourth-order valence-electron chi connectivity index (χ4n) is 1.50. The number of hydrogen-bond acceptors (Lipinski definition) is 2. The van der Waals surface area contributed by atoms with Crippen LogP contribution in [0.25, 0.3) is 0 Å². The zero-order valence-electron chi connectivity index (χ0n) is 9.35. The molecule has 0 radical (unpaired) electrons. The molecule has 86 valence electrons. The van der Waals surface area contributed by atoms with E-state index in [1.54, 1.807) is 6.20 Å². The molecule has 0 bridgehead atoms. The Hall–Kier alpha value is -1.64. The maximum atomic E-state index is 10.5. The van der Waals surface area contributed by atoms with Crippen molar-refractivity contribution in [2.45, 2.75) is 32.1 Å². The molecule has 1 aromatic rings. The molecule has 0 aromatic carbocycles. The third-order valence-electron chi connectivity index (χ3n) is 2.47. The van der Waals surface area contributed by atoms with Crippen molar-refractivity contribution in [1.82, 2.24) is 4.98 Å². The Morgan fingerprint density at radius 3 is 2.81 bits per heavy atom. The van der Waals surface area contributed by atoms with E-state index in [2.05, 4.69) is 17.6 Å². The van der Waals surface area contributed by atoms with Gasteiger partial charge in [0.15, 0.2) is 0 Å². The molecule has 0 spiro atoms. The molecule has 0 atom stereocenters. The summed E-state index contributed by atoms with van der Waals surface area (Å²) < 4.78 is 0. The molecule has 0 unspecified atom stereocenters. The van der Waals surface area contributed by atoms with Crippen molar-refractivity contribution >= 4 is 5.97 Å². The second kappa shape index (κ2) is 6.77. The van der Waals surface area contributed by atoms with E-state index in [4.69, 9.17) is 5.11 Å². The first kappa shape index (κ1) is 12.4. The molecule has 1 N–H and O–H groups in total. The number of aromatic nitrogens is 1. The van der Waals surface area contributed by atoms with Gasteiger partial charge in [0.05, 0.1) is 0 Å². The van der Waals surface area contributed by atoms with Crippen LogP contribution in [0.3, 0.4) is 0 Å². The van der Waals surface area contributed by atoms with Crippen LogP contribution < -0.4 is 0 Å². The SMILES string of the molecule is C=C(CCCCCc1cccnc1)C(=O)O. The predicted molar refractivity (Wildman–Crippen MR) is 63.2 cm³/mol. The molecule has 0 aliphatic heterocycles. The Morgan fingerprint density at radius 1 is 1.38 bits per heavy atom. The van der Waals surface area contributed by atoms with Crippen LogP contribution in [-0.2, 0) is 11.2 Å². The van der Waals surface area contributed by atoms with Crippen molar-refractivity contribution in [2.24, 2.45) is 0 Å². The van der Waals surface area contributed by atoms with Gasteiger partial charge in [-0.15, -0.1) is 0 Å². The largest absolute Gasteiger partial charge is 0.478 e. The second-order valence-electron chi connectivity index (χ2n) is 3.83. The van der Waals surface area contributed by atoms with Crippen LogP contribution in [-0.4, -0.2) is 16.1 Å². The Morgan fingerprint density at radius 2 is 2.19 bits per heavy atom. The molecular formula is C13H17NO2. The first-order chi connectivity index (χ1) is 7.70. The molecule has 0 fully saturated rings. The van der Waals surface area contributed by atoms with Gasteiger partial charge in [0.2, 0.25) is 0 Å². The van der Waals surface area contributed by atoms with Gasteiger partial charge in [-0.05, 0) is 37.3 Å². The van der Waals surface area contributed by atoms with Crippen molar-refractivity contribution in [2.75, 3.05) is 0 Å². The summed E-state index contributed by atoms with van der Waals surface area (Å²) in [5.41, 5.74) is 1.54. The smallest absolute Gasteiger partial charge is 0.330 e. The molecule has 3 heteroatoms. The number of carbonyl (C=O) groups is 1. The fraction of sp³-hybridized carbons (Fsp3) is 0.385. The van der Waals surface area contributed by atoms with Crippen molar-refractivity contribution in [3.05, 3.63) is 42.2 Å². The van der Waals surface area contributed by atoms with Gasteiger partial charge in [-0.2, -0.15) is 0 Å². The lowest BCUT2D eigenvalue weighted by atomic mass is 10.1. The highest BCUT2D eigenvalue weighted by molar-refractivity contribution is 5.85. The van der Waals surface area contributed by atoms with Gasteiger partial charge in [0, 0.05) is 18.0 Å². The van der Waals surface area contributed by atoms with E-state index >= 15 is 0 Å². The molecule has 1 heterocycles. The average molecular weight is 219 g/mol. The third-order valence-corrected chi connectivity index (χ3v) is 2.47. The zero-order chi connectivity index (χ0) is 11.8. The number of pyridine rings is 1. The number of nitrogens with zero attached hydrogens (tertiary/aromatic N) is 1. The average Bonchev–Trinajstić information content (AvgIpc) is 2.29. The number of aliphatic carboxylic acids is 1. The number of aryl methyl sites for hydroxylation is 1. The molecule has 1 aromatic heterocycles. The number of carboxylic acid groups (broad SMARTS) is 1. The number of carboxylic acids is 1. The molecule has 3 nitrogen and oxygen atoms in total. The topological polar surface area (TPSA) is 50.2 Å². The highest BCUT2D eigenvalue weighted by Crippen LogP contribution is 2.10. The van der Waals surface area contributed by atoms with Gasteiger partial charge in [-0.3, -0.25) is 4.98 Å². The quantitative estimate of drug-likeness (QED) is 0.566. The molecule has 0 amide bonds. The highest BCUT2D eigenvalue weighted by Gasteiger charge is 2.02. The van der Waals surface area contributed by atoms with E-state index < -0.39 is 5.97 Å². The summed E-state index contributed by atoms with van der Waals surface area (Å²) in [6, 6.07) is 3.99. The van der Waals surface area contributed by atoms with Crippen LogP contribution in [0.4, 0.5) is 0 Å². The van der Waals surface area contributed by atoms with E-state index in [1.807, 2.05) is 12.3 Å². The summed E-state index contributed by atoms with van der Waals surface area (Å²) >= 11 is 0. The summed E-state index contributed by atoms with van der Waals surface area (Å²) in [7, 11) is 0. The van der Waals surface area contributed by atoms with Crippen molar-refractivity contribution < 1.29 is 9.90 Å². The van der Waals surface area contributed by atoms with Crippen LogP contribution >= 0.6 is 0 Å². The van der Waals surface area contributed by atoms with E-state index in [-0.39, 0.29) is 0 Å². The first-order valence-corrected chi connectivity index (χ1v) is 5.50. The van der Waals surface area contributed by atoms with E-state index in [9.17, 15) is 4.79 Å². The third kappa shape index (κ3) is 4.73. The van der Waals surface area contributed by atoms with E-state index in [1.165, 1.54) is 5.56 Å². The lowest BCUT2D eigenvalue weighted by molar-refractivity contribution is -0.132. The van der Waals surface area contributed by atoms with Crippen LogP contribution in [0.15, 0.2) is 36.7 Å². The lowest BCUT2D eigenvalue weighted by Gasteiger charge is -2.01. The molecule has 0 saturated carbocycles. The van der Waals surface area contributed by atoms with Gasteiger partial charge in [0.1, 0.15) is 0 Å². The van der Waals surface area contributed by atoms with E-state index in [0.29, 0.717) is 12.0 Å². The number of hydrogen-bond donors (Lipinski definition) is 1. The van der Waals surface area contributed by atoms with Crippen molar-refractivity contribution in [3.8, 4) is 0 Å². The molecule has 0 aliphatic carbocycles. The van der Waals surface area contributed by atoms with Gasteiger partial charge >= 0.3 is 5.97 Å². The highest BCUT2D eigenvalue weighted by atomic mass is 16.4. The Labute approximate surface area is 95.8 Å². The minimum absolute atomic E-state index is 0.307. The molecule has 0 aliphatic rings. The molecule has 0 saturated heterocycles. The summed E-state index contributed by atoms with van der Waals surface area (Å²) in [6.07, 6.45) is 8.22. The standard InChI is InChI=1S/C13H17NO2/c1-11(13(15)16)6-3-2-4-7-12-8-5-9-14-10-12/h5,8-10H,1-4,6-7H2,(H,15,16). The Balaban J connectivity index is 2.09. The Bertz CT molecular complexity index is 346. The fourth-order valence-corrected chi connectivity index (χ4v) is 1.50. The van der Waals surface area contributed by atoms with Gasteiger partial charge in [0.25, 0.3) is 0 Å². The molecule has 1 rings (SSSR count). The zero-order valence-corrected chi connectivity index (χ0v) is 9.35. The summed E-state index contributed by atoms with van der Waals surface area (Å²) in [5, 5.41) is 8.61. The first-order valence-electron chi connectivity index (χ1n) is 5.50. The second-order valence-corrected chi connectivity index (χ2v) is 3.83. The molecular weight excluding hydrogens is 202 g/mol. The monoisotopic (exact) mass is 219 g/mol. The van der Waals surface area contributed by atoms with Crippen LogP contribution in [0.5, 0.6) is 0 Å². The molecule has 16 heavy (non-hydrogen) atoms. The van der Waals surface area contributed by atoms with Gasteiger partial charge in [-0.1, -0.05) is 19.1 Å². The number of unbranched alkanes of at least 4 members (excludes halogenated alkanes) is 2. The minimum atomic E-state index is -0.882. The van der Waals surface area contributed by atoms with Crippen LogP contribution in [0.2, 0.25) is 0 Å². The van der Waals surface area contributed by atoms with Crippen molar-refractivity contribution in [3.63, 3.8) is 0 Å². The van der Waals surface area contributed by atoms with Gasteiger partial charge < -0.3 is 5.11 Å². The van der Waals surface area contributed by atoms with Crippen molar-refractivity contribution in [1.29, 1.82) is 0 Å². The summed E-state index contributed by atoms with van der Waals surface area (Å²) in [4.78, 5) is 14.5. The summed E-state index contributed by atoms with van der Waals surface area (Å²) in [6.45, 7) is 3.50.